The molecule has 0 spiro atoms. The maximum absolute atomic E-state index is 13.3. The molecule has 4 nitrogen and oxygen atoms in total. The summed E-state index contributed by atoms with van der Waals surface area (Å²) in [6.07, 6.45) is 0. The number of rotatable bonds is 4. The number of halogens is 1. The lowest BCUT2D eigenvalue weighted by molar-refractivity contribution is -0.137. The van der Waals surface area contributed by atoms with E-state index in [1.165, 1.54) is 12.1 Å². The van der Waals surface area contributed by atoms with Crippen molar-refractivity contribution in [3.8, 4) is 0 Å². The van der Waals surface area contributed by atoms with Crippen LogP contribution in [0, 0.1) is 5.82 Å². The molecule has 0 aliphatic carbocycles. The summed E-state index contributed by atoms with van der Waals surface area (Å²) in [6, 6.07) is 15.5. The van der Waals surface area contributed by atoms with Crippen LogP contribution in [-0.4, -0.2) is 25.0 Å². The molecule has 2 aromatic rings. The lowest BCUT2D eigenvalue weighted by atomic mass is 9.86. The van der Waals surface area contributed by atoms with Crippen molar-refractivity contribution >= 4 is 11.9 Å². The van der Waals surface area contributed by atoms with Crippen LogP contribution in [0.25, 0.3) is 0 Å². The number of nitrogens with zero attached hydrogens (tertiary/aromatic N) is 1. The molecular weight excluding hydrogens is 297 g/mol. The summed E-state index contributed by atoms with van der Waals surface area (Å²) in [4.78, 5) is 16.1. The molecule has 1 aliphatic rings. The average Bonchev–Trinajstić information content (AvgIpc) is 3.03. The van der Waals surface area contributed by atoms with Crippen molar-refractivity contribution in [3.63, 3.8) is 0 Å². The molecule has 1 heterocycles. The number of benzene rings is 2. The van der Waals surface area contributed by atoms with Crippen LogP contribution in [0.15, 0.2) is 59.6 Å². The first kappa shape index (κ1) is 15.2. The Bertz CT molecular complexity index is 728. The molecule has 0 bridgehead atoms. The summed E-state index contributed by atoms with van der Waals surface area (Å²) in [6.45, 7) is 2.20. The highest BCUT2D eigenvalue weighted by Crippen LogP contribution is 2.38. The van der Waals surface area contributed by atoms with Gasteiger partial charge in [-0.15, -0.1) is 0 Å². The Morgan fingerprint density at radius 2 is 1.83 bits per heavy atom. The fourth-order valence-electron chi connectivity index (χ4n) is 2.61. The third-order valence-electron chi connectivity index (χ3n) is 3.72. The van der Waals surface area contributed by atoms with E-state index in [1.54, 1.807) is 19.1 Å². The summed E-state index contributed by atoms with van der Waals surface area (Å²) < 4.78 is 24.1. The van der Waals surface area contributed by atoms with Crippen molar-refractivity contribution in [2.45, 2.75) is 12.5 Å². The molecule has 1 unspecified atom stereocenters. The molecule has 0 saturated carbocycles. The van der Waals surface area contributed by atoms with Gasteiger partial charge in [0.05, 0.1) is 13.2 Å². The van der Waals surface area contributed by atoms with Gasteiger partial charge in [0, 0.05) is 11.1 Å². The van der Waals surface area contributed by atoms with Crippen molar-refractivity contribution in [2.75, 3.05) is 13.2 Å². The molecule has 0 radical (unpaired) electrons. The highest BCUT2D eigenvalue weighted by atomic mass is 19.1. The summed E-state index contributed by atoms with van der Waals surface area (Å²) in [5.74, 6) is -0.978. The molecule has 2 aromatic carbocycles. The number of ether oxygens (including phenoxy) is 2. The number of hydrogen-bond acceptors (Lipinski definition) is 4. The Morgan fingerprint density at radius 3 is 2.48 bits per heavy atom. The second-order valence-electron chi connectivity index (χ2n) is 5.14. The average molecular weight is 313 g/mol. The molecule has 0 fully saturated rings. The topological polar surface area (TPSA) is 47.9 Å². The second-order valence-corrected chi connectivity index (χ2v) is 5.14. The summed E-state index contributed by atoms with van der Waals surface area (Å²) in [5.41, 5.74) is 0.625. The summed E-state index contributed by atoms with van der Waals surface area (Å²) in [7, 11) is 0. The van der Waals surface area contributed by atoms with Crippen LogP contribution < -0.4 is 0 Å². The van der Waals surface area contributed by atoms with Crippen LogP contribution >= 0.6 is 0 Å². The van der Waals surface area contributed by atoms with Gasteiger partial charge < -0.3 is 9.47 Å². The Kier molecular flexibility index (Phi) is 4.10. The monoisotopic (exact) mass is 313 g/mol. The molecule has 0 amide bonds. The molecule has 0 N–H and O–H groups in total. The van der Waals surface area contributed by atoms with Gasteiger partial charge in [-0.2, -0.15) is 0 Å². The predicted octanol–water partition coefficient (Wildman–Crippen LogP) is 3.06. The quantitative estimate of drug-likeness (QED) is 0.815. The van der Waals surface area contributed by atoms with Crippen molar-refractivity contribution in [3.05, 3.63) is 71.5 Å². The van der Waals surface area contributed by atoms with Crippen LogP contribution in [0.1, 0.15) is 18.1 Å². The first-order valence-electron chi connectivity index (χ1n) is 7.38. The Labute approximate surface area is 133 Å². The van der Waals surface area contributed by atoms with E-state index in [1.807, 2.05) is 30.3 Å². The van der Waals surface area contributed by atoms with E-state index in [2.05, 4.69) is 4.99 Å². The van der Waals surface area contributed by atoms with E-state index in [0.29, 0.717) is 0 Å². The van der Waals surface area contributed by atoms with E-state index >= 15 is 0 Å². The fourth-order valence-corrected chi connectivity index (χ4v) is 2.61. The third-order valence-corrected chi connectivity index (χ3v) is 3.72. The molecule has 5 heteroatoms. The van der Waals surface area contributed by atoms with Crippen LogP contribution in [-0.2, 0) is 19.9 Å². The van der Waals surface area contributed by atoms with E-state index in [9.17, 15) is 9.18 Å². The van der Waals surface area contributed by atoms with Crippen LogP contribution in [0.4, 0.5) is 4.39 Å². The first-order valence-corrected chi connectivity index (χ1v) is 7.38. The highest BCUT2D eigenvalue weighted by molar-refractivity contribution is 6.33. The van der Waals surface area contributed by atoms with E-state index in [-0.39, 0.29) is 24.9 Å². The Morgan fingerprint density at radius 1 is 1.17 bits per heavy atom. The lowest BCUT2D eigenvalue weighted by Crippen LogP contribution is -2.33. The zero-order valence-electron chi connectivity index (χ0n) is 12.7. The van der Waals surface area contributed by atoms with Crippen LogP contribution in [0.5, 0.6) is 0 Å². The normalized spacial score (nSPS) is 19.8. The van der Waals surface area contributed by atoms with Gasteiger partial charge in [0.2, 0.25) is 0 Å². The molecule has 118 valence electrons. The highest BCUT2D eigenvalue weighted by Gasteiger charge is 2.44. The zero-order chi connectivity index (χ0) is 16.3. The van der Waals surface area contributed by atoms with Gasteiger partial charge in [-0.3, -0.25) is 0 Å². The van der Waals surface area contributed by atoms with Gasteiger partial charge in [0.15, 0.2) is 5.60 Å². The van der Waals surface area contributed by atoms with Crippen molar-refractivity contribution in [2.24, 2.45) is 4.99 Å². The van der Waals surface area contributed by atoms with Gasteiger partial charge in [-0.25, -0.2) is 14.2 Å². The van der Waals surface area contributed by atoms with Gasteiger partial charge in [-0.1, -0.05) is 42.5 Å². The molecule has 1 aliphatic heterocycles. The molecular formula is C18H16FNO3. The largest absolute Gasteiger partial charge is 0.459 e. The molecule has 1 atom stereocenters. The van der Waals surface area contributed by atoms with Gasteiger partial charge in [0.25, 0.3) is 5.90 Å². The van der Waals surface area contributed by atoms with Crippen LogP contribution in [0.3, 0.4) is 0 Å². The minimum atomic E-state index is -0.947. The summed E-state index contributed by atoms with van der Waals surface area (Å²) in [5, 5.41) is 0. The van der Waals surface area contributed by atoms with Gasteiger partial charge >= 0.3 is 5.97 Å². The number of carbonyl (C=O) groups excluding carboxylic acids is 1. The van der Waals surface area contributed by atoms with E-state index < -0.39 is 11.6 Å². The fraction of sp³-hybridized carbons (Fsp3) is 0.222. The minimum Gasteiger partial charge on any atom is -0.459 e. The van der Waals surface area contributed by atoms with Crippen molar-refractivity contribution < 1.29 is 18.7 Å². The molecule has 0 aromatic heterocycles. The molecule has 23 heavy (non-hydrogen) atoms. The van der Waals surface area contributed by atoms with Crippen LogP contribution in [0.2, 0.25) is 0 Å². The standard InChI is InChI=1S/C18H16FNO3/c1-2-22-17(21)16-20-12-18(23-16,13-6-4-3-5-7-13)14-8-10-15(19)11-9-14/h3-11H,2,12H2,1H3. The lowest BCUT2D eigenvalue weighted by Gasteiger charge is -2.29. The number of hydrogen-bond donors (Lipinski definition) is 0. The van der Waals surface area contributed by atoms with Crippen molar-refractivity contribution in [1.82, 2.24) is 0 Å². The predicted molar refractivity (Wildman–Crippen MR) is 83.6 cm³/mol. The number of carbonyl (C=O) groups is 1. The second kappa shape index (κ2) is 6.20. The Hall–Kier alpha value is -2.69. The van der Waals surface area contributed by atoms with Crippen molar-refractivity contribution in [1.29, 1.82) is 0 Å². The minimum absolute atomic E-state index is 0.0555. The van der Waals surface area contributed by atoms with Gasteiger partial charge in [-0.05, 0) is 19.1 Å². The smallest absolute Gasteiger partial charge is 0.393 e. The Balaban J connectivity index is 2.01. The first-order chi connectivity index (χ1) is 11.2. The zero-order valence-corrected chi connectivity index (χ0v) is 12.7. The molecule has 0 saturated heterocycles. The maximum Gasteiger partial charge on any atom is 0.393 e. The van der Waals surface area contributed by atoms with Gasteiger partial charge in [0.1, 0.15) is 5.82 Å². The SMILES string of the molecule is CCOC(=O)C1=NCC(c2ccccc2)(c2ccc(F)cc2)O1. The summed E-state index contributed by atoms with van der Waals surface area (Å²) >= 11 is 0. The third kappa shape index (κ3) is 2.82. The van der Waals surface area contributed by atoms with E-state index in [0.717, 1.165) is 11.1 Å². The number of aliphatic imine (C=N–C) groups is 1. The van der Waals surface area contributed by atoms with E-state index in [4.69, 9.17) is 9.47 Å². The number of esters is 1. The maximum atomic E-state index is 13.3. The molecule has 3 rings (SSSR count).